The van der Waals surface area contributed by atoms with Crippen LogP contribution in [-0.2, 0) is 6.61 Å². The highest BCUT2D eigenvalue weighted by Crippen LogP contribution is 2.13. The Balaban J connectivity index is 2.34. The smallest absolute Gasteiger partial charge is 0.115 e. The van der Waals surface area contributed by atoms with Gasteiger partial charge in [-0.05, 0) is 11.6 Å². The van der Waals surface area contributed by atoms with Gasteiger partial charge in [0.25, 0.3) is 0 Å². The van der Waals surface area contributed by atoms with E-state index in [4.69, 9.17) is 5.11 Å². The van der Waals surface area contributed by atoms with Gasteiger partial charge in [-0.25, -0.2) is 9.97 Å². The van der Waals surface area contributed by atoms with E-state index in [1.54, 1.807) is 18.6 Å². The molecule has 0 aliphatic heterocycles. The van der Waals surface area contributed by atoms with Crippen LogP contribution in [0.15, 0.2) is 37.1 Å². The molecule has 2 aromatic heterocycles. The van der Waals surface area contributed by atoms with Crippen LogP contribution >= 0.6 is 0 Å². The predicted octanol–water partition coefficient (Wildman–Crippen LogP) is 1.03. The first-order valence-corrected chi connectivity index (χ1v) is 4.21. The molecular weight excluding hydrogens is 178 g/mol. The Morgan fingerprint density at radius 1 is 1.07 bits per heavy atom. The van der Waals surface area contributed by atoms with Crippen molar-refractivity contribution in [1.82, 2.24) is 15.0 Å². The molecule has 0 spiro atoms. The molecule has 0 atom stereocenters. The van der Waals surface area contributed by atoms with Crippen LogP contribution in [0.4, 0.5) is 0 Å². The number of aromatic nitrogens is 3. The summed E-state index contributed by atoms with van der Waals surface area (Å²) < 4.78 is 0. The average molecular weight is 187 g/mol. The minimum absolute atomic E-state index is 0.0125. The fourth-order valence-electron chi connectivity index (χ4n) is 1.12. The van der Waals surface area contributed by atoms with Crippen molar-refractivity contribution in [2.75, 3.05) is 0 Å². The number of pyridine rings is 1. The monoisotopic (exact) mass is 187 g/mol. The summed E-state index contributed by atoms with van der Waals surface area (Å²) in [5.41, 5.74) is 2.48. The maximum absolute atomic E-state index is 8.83. The third-order valence-electron chi connectivity index (χ3n) is 1.86. The molecule has 0 amide bonds. The zero-order valence-electron chi connectivity index (χ0n) is 7.46. The van der Waals surface area contributed by atoms with E-state index in [0.29, 0.717) is 0 Å². The lowest BCUT2D eigenvalue weighted by Gasteiger charge is -1.99. The highest BCUT2D eigenvalue weighted by Gasteiger charge is 1.98. The minimum atomic E-state index is 0.0125. The van der Waals surface area contributed by atoms with E-state index in [1.165, 1.54) is 6.33 Å². The van der Waals surface area contributed by atoms with Crippen LogP contribution < -0.4 is 0 Å². The molecule has 1 N–H and O–H groups in total. The summed E-state index contributed by atoms with van der Waals surface area (Å²) in [6.07, 6.45) is 6.52. The summed E-state index contributed by atoms with van der Waals surface area (Å²) in [6.45, 7) is 0.0125. The second-order valence-electron chi connectivity index (χ2n) is 2.84. The zero-order valence-corrected chi connectivity index (χ0v) is 7.46. The molecule has 70 valence electrons. The molecule has 2 aromatic rings. The standard InChI is InChI=1S/C10H9N3O/c14-6-8-1-2-10(13-3-8)9-4-11-7-12-5-9/h1-5,7,14H,6H2. The average Bonchev–Trinajstić information content (AvgIpc) is 2.30. The van der Waals surface area contributed by atoms with E-state index in [9.17, 15) is 0 Å². The maximum atomic E-state index is 8.83. The van der Waals surface area contributed by atoms with Crippen molar-refractivity contribution in [3.05, 3.63) is 42.6 Å². The van der Waals surface area contributed by atoms with Gasteiger partial charge in [0.05, 0.1) is 12.3 Å². The van der Waals surface area contributed by atoms with Crippen molar-refractivity contribution < 1.29 is 5.11 Å². The number of aliphatic hydroxyl groups excluding tert-OH is 1. The first-order chi connectivity index (χ1) is 6.90. The Morgan fingerprint density at radius 2 is 1.86 bits per heavy atom. The van der Waals surface area contributed by atoms with Gasteiger partial charge in [0.15, 0.2) is 0 Å². The molecule has 2 heterocycles. The third kappa shape index (κ3) is 1.75. The summed E-state index contributed by atoms with van der Waals surface area (Å²) >= 11 is 0. The van der Waals surface area contributed by atoms with E-state index < -0.39 is 0 Å². The lowest BCUT2D eigenvalue weighted by atomic mass is 10.2. The fourth-order valence-corrected chi connectivity index (χ4v) is 1.12. The van der Waals surface area contributed by atoms with Gasteiger partial charge in [0, 0.05) is 24.2 Å². The molecule has 0 aliphatic rings. The molecule has 0 unspecified atom stereocenters. The first kappa shape index (κ1) is 8.77. The van der Waals surface area contributed by atoms with Gasteiger partial charge in [-0.1, -0.05) is 6.07 Å². The van der Waals surface area contributed by atoms with Crippen LogP contribution in [0, 0.1) is 0 Å². The quantitative estimate of drug-likeness (QED) is 0.762. The van der Waals surface area contributed by atoms with Gasteiger partial charge < -0.3 is 5.11 Å². The normalized spacial score (nSPS) is 10.1. The summed E-state index contributed by atoms with van der Waals surface area (Å²) in [7, 11) is 0. The van der Waals surface area contributed by atoms with Crippen LogP contribution in [0.25, 0.3) is 11.3 Å². The molecule has 14 heavy (non-hydrogen) atoms. The van der Waals surface area contributed by atoms with Crippen LogP contribution in [-0.4, -0.2) is 20.1 Å². The molecule has 0 radical (unpaired) electrons. The van der Waals surface area contributed by atoms with Crippen LogP contribution in [0.1, 0.15) is 5.56 Å². The van der Waals surface area contributed by atoms with Crippen LogP contribution in [0.3, 0.4) is 0 Å². The molecular formula is C10H9N3O. The minimum Gasteiger partial charge on any atom is -0.392 e. The van der Waals surface area contributed by atoms with Crippen molar-refractivity contribution in [1.29, 1.82) is 0 Å². The van der Waals surface area contributed by atoms with Gasteiger partial charge in [-0.2, -0.15) is 0 Å². The van der Waals surface area contributed by atoms with Crippen LogP contribution in [0.5, 0.6) is 0 Å². The third-order valence-corrected chi connectivity index (χ3v) is 1.86. The highest BCUT2D eigenvalue weighted by atomic mass is 16.3. The van der Waals surface area contributed by atoms with E-state index >= 15 is 0 Å². The van der Waals surface area contributed by atoms with E-state index in [2.05, 4.69) is 15.0 Å². The van der Waals surface area contributed by atoms with Crippen molar-refractivity contribution in [3.8, 4) is 11.3 Å². The van der Waals surface area contributed by atoms with Crippen molar-refractivity contribution in [2.24, 2.45) is 0 Å². The number of aliphatic hydroxyl groups is 1. The Bertz CT molecular complexity index is 399. The number of nitrogens with zero attached hydrogens (tertiary/aromatic N) is 3. The van der Waals surface area contributed by atoms with E-state index in [1.807, 2.05) is 12.1 Å². The van der Waals surface area contributed by atoms with Gasteiger partial charge in [-0.15, -0.1) is 0 Å². The molecule has 0 bridgehead atoms. The molecule has 0 fully saturated rings. The highest BCUT2D eigenvalue weighted by molar-refractivity contribution is 5.56. The second-order valence-corrected chi connectivity index (χ2v) is 2.84. The van der Waals surface area contributed by atoms with Crippen molar-refractivity contribution in [3.63, 3.8) is 0 Å². The Labute approximate surface area is 81.3 Å². The van der Waals surface area contributed by atoms with Gasteiger partial charge in [0.1, 0.15) is 6.33 Å². The number of hydrogen-bond donors (Lipinski definition) is 1. The Kier molecular flexibility index (Phi) is 2.46. The number of rotatable bonds is 2. The number of hydrogen-bond acceptors (Lipinski definition) is 4. The van der Waals surface area contributed by atoms with Gasteiger partial charge >= 0.3 is 0 Å². The molecule has 4 nitrogen and oxygen atoms in total. The first-order valence-electron chi connectivity index (χ1n) is 4.21. The van der Waals surface area contributed by atoms with Crippen molar-refractivity contribution in [2.45, 2.75) is 6.61 Å². The maximum Gasteiger partial charge on any atom is 0.115 e. The van der Waals surface area contributed by atoms with E-state index in [-0.39, 0.29) is 6.61 Å². The largest absolute Gasteiger partial charge is 0.392 e. The molecule has 4 heteroatoms. The summed E-state index contributed by atoms with van der Waals surface area (Å²) in [4.78, 5) is 12.0. The van der Waals surface area contributed by atoms with E-state index in [0.717, 1.165) is 16.8 Å². The lowest BCUT2D eigenvalue weighted by Crippen LogP contribution is -1.88. The molecule has 0 aliphatic carbocycles. The van der Waals surface area contributed by atoms with Gasteiger partial charge in [0.2, 0.25) is 0 Å². The molecule has 0 aromatic carbocycles. The second kappa shape index (κ2) is 3.93. The zero-order chi connectivity index (χ0) is 9.80. The molecule has 0 saturated carbocycles. The SMILES string of the molecule is OCc1ccc(-c2cncnc2)nc1. The summed E-state index contributed by atoms with van der Waals surface area (Å²) in [6, 6.07) is 3.67. The lowest BCUT2D eigenvalue weighted by molar-refractivity contribution is 0.281. The van der Waals surface area contributed by atoms with Gasteiger partial charge in [-0.3, -0.25) is 4.98 Å². The topological polar surface area (TPSA) is 58.9 Å². The molecule has 2 rings (SSSR count). The van der Waals surface area contributed by atoms with Crippen molar-refractivity contribution >= 4 is 0 Å². The summed E-state index contributed by atoms with van der Waals surface area (Å²) in [5, 5.41) is 8.83. The summed E-state index contributed by atoms with van der Waals surface area (Å²) in [5.74, 6) is 0. The Hall–Kier alpha value is -1.81. The van der Waals surface area contributed by atoms with Crippen LogP contribution in [0.2, 0.25) is 0 Å². The predicted molar refractivity (Wildman–Crippen MR) is 51.2 cm³/mol. The fraction of sp³-hybridized carbons (Fsp3) is 0.100. The Morgan fingerprint density at radius 3 is 2.43 bits per heavy atom. The molecule has 0 saturated heterocycles.